The van der Waals surface area contributed by atoms with E-state index in [1.165, 1.54) is 0 Å². The number of halogens is 6. The predicted molar refractivity (Wildman–Crippen MR) is 81.4 cm³/mol. The Kier molecular flexibility index (Phi) is 3.95. The second-order valence-corrected chi connectivity index (χ2v) is 7.10. The molecule has 0 unspecified atom stereocenters. The van der Waals surface area contributed by atoms with Crippen molar-refractivity contribution in [3.63, 3.8) is 0 Å². The third-order valence-electron chi connectivity index (χ3n) is 3.92. The number of fused-ring (bicyclic) bond motifs is 1. The second-order valence-electron chi connectivity index (χ2n) is 5.67. The summed E-state index contributed by atoms with van der Waals surface area (Å²) < 4.78 is 78.0. The van der Waals surface area contributed by atoms with Crippen LogP contribution in [0, 0.1) is 13.8 Å². The van der Waals surface area contributed by atoms with Gasteiger partial charge in [0.05, 0.1) is 27.9 Å². The highest BCUT2D eigenvalue weighted by Gasteiger charge is 2.43. The number of thiophene rings is 1. The highest BCUT2D eigenvalue weighted by atomic mass is 32.1. The number of rotatable bonds is 1. The van der Waals surface area contributed by atoms with Gasteiger partial charge in [0.25, 0.3) is 11.8 Å². The second kappa shape index (κ2) is 5.57. The molecule has 0 saturated heterocycles. The molecule has 1 aromatic carbocycles. The minimum Gasteiger partial charge on any atom is -0.268 e. The predicted octanol–water partition coefficient (Wildman–Crippen LogP) is 5.20. The normalized spacial score (nSPS) is 15.0. The molecule has 1 aromatic heterocycles. The highest BCUT2D eigenvalue weighted by molar-refractivity contribution is 7.12. The van der Waals surface area contributed by atoms with Crippen LogP contribution in [-0.4, -0.2) is 11.8 Å². The molecule has 1 aliphatic heterocycles. The number of carbonyl (C=O) groups excluding carboxylic acids is 2. The molecule has 0 aliphatic carbocycles. The first-order valence-electron chi connectivity index (χ1n) is 7.10. The van der Waals surface area contributed by atoms with Gasteiger partial charge >= 0.3 is 12.4 Å². The van der Waals surface area contributed by atoms with Gasteiger partial charge in [-0.05, 0) is 32.0 Å². The summed E-state index contributed by atoms with van der Waals surface area (Å²) >= 11 is 1.16. The molecule has 0 spiro atoms. The summed E-state index contributed by atoms with van der Waals surface area (Å²) in [7, 11) is 0. The van der Waals surface area contributed by atoms with Gasteiger partial charge in [-0.15, -0.1) is 11.3 Å². The van der Waals surface area contributed by atoms with Crippen LogP contribution in [0.15, 0.2) is 18.2 Å². The number of hydrogen-bond donors (Lipinski definition) is 0. The van der Waals surface area contributed by atoms with E-state index in [0.717, 1.165) is 11.3 Å². The Morgan fingerprint density at radius 3 is 1.50 bits per heavy atom. The summed E-state index contributed by atoms with van der Waals surface area (Å²) in [4.78, 5) is 26.3. The van der Waals surface area contributed by atoms with Crippen molar-refractivity contribution in [2.45, 2.75) is 26.2 Å². The van der Waals surface area contributed by atoms with Gasteiger partial charge in [0, 0.05) is 9.75 Å². The minimum atomic E-state index is -5.07. The van der Waals surface area contributed by atoms with Crippen molar-refractivity contribution in [1.82, 2.24) is 0 Å². The fraction of sp³-hybridized carbons (Fsp3) is 0.250. The quantitative estimate of drug-likeness (QED) is 0.493. The van der Waals surface area contributed by atoms with E-state index in [0.29, 0.717) is 26.8 Å². The highest BCUT2D eigenvalue weighted by Crippen LogP contribution is 2.42. The van der Waals surface area contributed by atoms with Crippen LogP contribution in [0.2, 0.25) is 0 Å². The van der Waals surface area contributed by atoms with Crippen LogP contribution in [-0.2, 0) is 12.4 Å². The molecule has 26 heavy (non-hydrogen) atoms. The number of aryl methyl sites for hydroxylation is 2. The molecule has 0 saturated carbocycles. The number of amides is 2. The molecular weight excluding hydrogens is 384 g/mol. The number of anilines is 1. The van der Waals surface area contributed by atoms with Crippen molar-refractivity contribution in [3.8, 4) is 0 Å². The Bertz CT molecular complexity index is 873. The Morgan fingerprint density at radius 1 is 0.769 bits per heavy atom. The van der Waals surface area contributed by atoms with Gasteiger partial charge in [-0.25, -0.2) is 4.90 Å². The lowest BCUT2D eigenvalue weighted by Crippen LogP contribution is -2.30. The maximum atomic E-state index is 13.0. The SMILES string of the molecule is Cc1sc(C)c2c1C(=O)N(c1cc(C(F)(F)F)cc(C(F)(F)F)c1)C2=O. The maximum absolute atomic E-state index is 13.0. The molecule has 0 bridgehead atoms. The maximum Gasteiger partial charge on any atom is 0.416 e. The number of carbonyl (C=O) groups is 2. The van der Waals surface area contributed by atoms with E-state index >= 15 is 0 Å². The first kappa shape index (κ1) is 18.4. The number of benzene rings is 1. The van der Waals surface area contributed by atoms with E-state index in [2.05, 4.69) is 0 Å². The van der Waals surface area contributed by atoms with Crippen LogP contribution in [0.5, 0.6) is 0 Å². The summed E-state index contributed by atoms with van der Waals surface area (Å²) in [6.45, 7) is 3.11. The van der Waals surface area contributed by atoms with Gasteiger partial charge < -0.3 is 0 Å². The molecule has 2 aromatic rings. The zero-order valence-electron chi connectivity index (χ0n) is 13.2. The van der Waals surface area contributed by atoms with E-state index in [1.54, 1.807) is 13.8 Å². The third-order valence-corrected chi connectivity index (χ3v) is 4.95. The Labute approximate surface area is 146 Å². The van der Waals surface area contributed by atoms with Gasteiger partial charge in [0.15, 0.2) is 0 Å². The number of alkyl halides is 6. The fourth-order valence-electron chi connectivity index (χ4n) is 2.82. The summed E-state index contributed by atoms with van der Waals surface area (Å²) in [6, 6.07) is 0.677. The Hall–Kier alpha value is -2.36. The zero-order chi connectivity index (χ0) is 19.6. The Balaban J connectivity index is 2.20. The summed E-state index contributed by atoms with van der Waals surface area (Å²) in [5, 5.41) is 0. The molecule has 138 valence electrons. The van der Waals surface area contributed by atoms with Gasteiger partial charge in [-0.1, -0.05) is 0 Å². The third kappa shape index (κ3) is 2.77. The van der Waals surface area contributed by atoms with Crippen molar-refractivity contribution in [1.29, 1.82) is 0 Å². The van der Waals surface area contributed by atoms with E-state index in [-0.39, 0.29) is 17.2 Å². The molecule has 2 heterocycles. The lowest BCUT2D eigenvalue weighted by Gasteiger charge is -2.19. The molecular formula is C16H9F6NO2S. The molecule has 3 nitrogen and oxygen atoms in total. The van der Waals surface area contributed by atoms with Crippen molar-refractivity contribution >= 4 is 28.8 Å². The Morgan fingerprint density at radius 2 is 1.15 bits per heavy atom. The van der Waals surface area contributed by atoms with Crippen LogP contribution in [0.1, 0.15) is 41.6 Å². The van der Waals surface area contributed by atoms with Crippen LogP contribution in [0.3, 0.4) is 0 Å². The molecule has 0 radical (unpaired) electrons. The van der Waals surface area contributed by atoms with Gasteiger partial charge in [0.1, 0.15) is 0 Å². The number of imide groups is 1. The average molecular weight is 393 g/mol. The average Bonchev–Trinajstić information content (AvgIpc) is 2.93. The number of hydrogen-bond acceptors (Lipinski definition) is 3. The van der Waals surface area contributed by atoms with Gasteiger partial charge in [-0.2, -0.15) is 26.3 Å². The molecule has 0 fully saturated rings. The van der Waals surface area contributed by atoms with Crippen molar-refractivity contribution in [2.24, 2.45) is 0 Å². The zero-order valence-corrected chi connectivity index (χ0v) is 14.0. The lowest BCUT2D eigenvalue weighted by molar-refractivity contribution is -0.143. The van der Waals surface area contributed by atoms with Crippen molar-refractivity contribution in [2.75, 3.05) is 4.90 Å². The van der Waals surface area contributed by atoms with E-state index < -0.39 is 41.0 Å². The van der Waals surface area contributed by atoms with Gasteiger partial charge in [0.2, 0.25) is 0 Å². The topological polar surface area (TPSA) is 37.4 Å². The monoisotopic (exact) mass is 393 g/mol. The van der Waals surface area contributed by atoms with Crippen LogP contribution < -0.4 is 4.90 Å². The largest absolute Gasteiger partial charge is 0.416 e. The van der Waals surface area contributed by atoms with Crippen LogP contribution in [0.4, 0.5) is 32.0 Å². The lowest BCUT2D eigenvalue weighted by atomic mass is 10.1. The molecule has 0 atom stereocenters. The smallest absolute Gasteiger partial charge is 0.268 e. The van der Waals surface area contributed by atoms with E-state index in [9.17, 15) is 35.9 Å². The van der Waals surface area contributed by atoms with E-state index in [4.69, 9.17) is 0 Å². The standard InChI is InChI=1S/C16H9F6NO2S/c1-6-11-12(7(2)26-6)14(25)23(13(11)24)10-4-8(15(17,18)19)3-9(5-10)16(20,21)22/h3-5H,1-2H3. The van der Waals surface area contributed by atoms with E-state index in [1.807, 2.05) is 0 Å². The van der Waals surface area contributed by atoms with Crippen molar-refractivity contribution in [3.05, 3.63) is 50.2 Å². The number of nitrogens with zero attached hydrogens (tertiary/aromatic N) is 1. The summed E-state index contributed by atoms with van der Waals surface area (Å²) in [6.07, 6.45) is -10.1. The van der Waals surface area contributed by atoms with Crippen molar-refractivity contribution < 1.29 is 35.9 Å². The fourth-order valence-corrected chi connectivity index (χ4v) is 3.86. The first-order chi connectivity index (χ1) is 11.8. The molecule has 2 amide bonds. The van der Waals surface area contributed by atoms with Gasteiger partial charge in [-0.3, -0.25) is 9.59 Å². The van der Waals surface area contributed by atoms with Crippen LogP contribution >= 0.6 is 11.3 Å². The summed E-state index contributed by atoms with van der Waals surface area (Å²) in [5.74, 6) is -1.86. The summed E-state index contributed by atoms with van der Waals surface area (Å²) in [5.41, 5.74) is -3.91. The molecule has 3 rings (SSSR count). The molecule has 0 N–H and O–H groups in total. The minimum absolute atomic E-state index is 0.0171. The van der Waals surface area contributed by atoms with Crippen LogP contribution in [0.25, 0.3) is 0 Å². The molecule has 10 heteroatoms. The first-order valence-corrected chi connectivity index (χ1v) is 7.92. The molecule has 1 aliphatic rings.